The largest absolute Gasteiger partial charge is 0.465 e. The third kappa shape index (κ3) is 11.1. The number of nitrogens with zero attached hydrogens (tertiary/aromatic N) is 1. The zero-order valence-electron chi connectivity index (χ0n) is 11.6. The third-order valence-electron chi connectivity index (χ3n) is 2.41. The Balaban J connectivity index is 3.52. The van der Waals surface area contributed by atoms with Crippen LogP contribution in [0.15, 0.2) is 5.34 Å². The number of carbonyl (C=O) groups is 1. The molecule has 0 atom stereocenters. The SMILES string of the molecule is CCCC(CCC)C(=O)OCCSSCCON=O. The first kappa shape index (κ1) is 18.6. The summed E-state index contributed by atoms with van der Waals surface area (Å²) in [7, 11) is 3.18. The first-order valence-electron chi connectivity index (χ1n) is 6.61. The Morgan fingerprint density at radius 1 is 1.11 bits per heavy atom. The Morgan fingerprint density at radius 3 is 2.21 bits per heavy atom. The van der Waals surface area contributed by atoms with E-state index < -0.39 is 0 Å². The fraction of sp³-hybridized carbons (Fsp3) is 0.917. The average molecular weight is 309 g/mol. The van der Waals surface area contributed by atoms with Crippen molar-refractivity contribution in [1.82, 2.24) is 0 Å². The molecule has 112 valence electrons. The minimum atomic E-state index is -0.0669. The van der Waals surface area contributed by atoms with Crippen LogP contribution < -0.4 is 0 Å². The van der Waals surface area contributed by atoms with Crippen molar-refractivity contribution in [1.29, 1.82) is 0 Å². The molecular formula is C12H23NO4S2. The van der Waals surface area contributed by atoms with Crippen molar-refractivity contribution in [3.63, 3.8) is 0 Å². The fourth-order valence-electron chi connectivity index (χ4n) is 1.60. The minimum absolute atomic E-state index is 0.0553. The summed E-state index contributed by atoms with van der Waals surface area (Å²) >= 11 is 0. The summed E-state index contributed by atoms with van der Waals surface area (Å²) < 4.78 is 5.26. The van der Waals surface area contributed by atoms with Gasteiger partial charge in [-0.2, -0.15) is 0 Å². The molecule has 19 heavy (non-hydrogen) atoms. The molecule has 0 N–H and O–H groups in total. The van der Waals surface area contributed by atoms with Crippen molar-refractivity contribution in [3.8, 4) is 0 Å². The van der Waals surface area contributed by atoms with E-state index in [4.69, 9.17) is 4.74 Å². The molecule has 0 aliphatic carbocycles. The molecule has 0 heterocycles. The molecule has 0 amide bonds. The van der Waals surface area contributed by atoms with Crippen molar-refractivity contribution in [2.24, 2.45) is 11.3 Å². The highest BCUT2D eigenvalue weighted by Gasteiger charge is 2.17. The van der Waals surface area contributed by atoms with Gasteiger partial charge in [-0.25, -0.2) is 0 Å². The highest BCUT2D eigenvalue weighted by atomic mass is 33.1. The monoisotopic (exact) mass is 309 g/mol. The number of ether oxygens (including phenoxy) is 1. The lowest BCUT2D eigenvalue weighted by atomic mass is 9.99. The zero-order valence-corrected chi connectivity index (χ0v) is 13.3. The Bertz CT molecular complexity index is 236. The zero-order chi connectivity index (χ0) is 14.3. The molecule has 0 saturated carbocycles. The second-order valence-corrected chi connectivity index (χ2v) is 6.70. The molecule has 0 aromatic carbocycles. The topological polar surface area (TPSA) is 65.0 Å². The maximum Gasteiger partial charge on any atom is 0.308 e. The minimum Gasteiger partial charge on any atom is -0.465 e. The van der Waals surface area contributed by atoms with Gasteiger partial charge in [0.05, 0.1) is 5.92 Å². The van der Waals surface area contributed by atoms with Crippen LogP contribution in [0.25, 0.3) is 0 Å². The number of hydrogen-bond acceptors (Lipinski definition) is 7. The average Bonchev–Trinajstić information content (AvgIpc) is 2.41. The summed E-state index contributed by atoms with van der Waals surface area (Å²) in [4.78, 5) is 25.7. The van der Waals surface area contributed by atoms with E-state index in [-0.39, 0.29) is 11.9 Å². The molecule has 0 spiro atoms. The molecule has 7 heteroatoms. The van der Waals surface area contributed by atoms with Crippen LogP contribution in [0.4, 0.5) is 0 Å². The standard InChI is InChI=1S/C12H23NO4S2/c1-3-5-11(6-4-2)12(14)16-7-9-18-19-10-8-17-13-15/h11H,3-10H2,1-2H3. The summed E-state index contributed by atoms with van der Waals surface area (Å²) in [6.07, 6.45) is 3.83. The van der Waals surface area contributed by atoms with Gasteiger partial charge in [-0.05, 0) is 12.8 Å². The predicted molar refractivity (Wildman–Crippen MR) is 80.9 cm³/mol. The lowest BCUT2D eigenvalue weighted by Crippen LogP contribution is -2.18. The smallest absolute Gasteiger partial charge is 0.308 e. The van der Waals surface area contributed by atoms with Crippen molar-refractivity contribution >= 4 is 27.6 Å². The molecule has 0 aliphatic rings. The fourth-order valence-corrected chi connectivity index (χ4v) is 3.24. The lowest BCUT2D eigenvalue weighted by Gasteiger charge is -2.14. The number of hydrogen-bond donors (Lipinski definition) is 0. The van der Waals surface area contributed by atoms with Crippen LogP contribution in [0.3, 0.4) is 0 Å². The number of esters is 1. The Labute approximate surface area is 122 Å². The van der Waals surface area contributed by atoms with Gasteiger partial charge in [0.2, 0.25) is 0 Å². The summed E-state index contributed by atoms with van der Waals surface area (Å²) in [5.41, 5.74) is 0. The van der Waals surface area contributed by atoms with E-state index >= 15 is 0 Å². The quantitative estimate of drug-likeness (QED) is 0.169. The van der Waals surface area contributed by atoms with E-state index in [1.807, 2.05) is 0 Å². The summed E-state index contributed by atoms with van der Waals surface area (Å²) in [6, 6.07) is 0. The molecule has 0 saturated heterocycles. The van der Waals surface area contributed by atoms with Gasteiger partial charge in [0.15, 0.2) is 5.34 Å². The molecule has 0 unspecified atom stereocenters. The molecular weight excluding hydrogens is 286 g/mol. The lowest BCUT2D eigenvalue weighted by molar-refractivity contribution is -0.148. The molecule has 0 aromatic heterocycles. The Morgan fingerprint density at radius 2 is 1.68 bits per heavy atom. The highest BCUT2D eigenvalue weighted by Crippen LogP contribution is 2.21. The van der Waals surface area contributed by atoms with Gasteiger partial charge in [0.25, 0.3) is 0 Å². The summed E-state index contributed by atoms with van der Waals surface area (Å²) in [5.74, 6) is 1.43. The van der Waals surface area contributed by atoms with Crippen molar-refractivity contribution in [2.75, 3.05) is 24.7 Å². The van der Waals surface area contributed by atoms with E-state index in [1.165, 1.54) is 0 Å². The van der Waals surface area contributed by atoms with Gasteiger partial charge in [0.1, 0.15) is 13.2 Å². The second kappa shape index (κ2) is 14.0. The van der Waals surface area contributed by atoms with E-state index in [0.717, 1.165) is 31.4 Å². The van der Waals surface area contributed by atoms with Crippen LogP contribution in [0.5, 0.6) is 0 Å². The summed E-state index contributed by atoms with van der Waals surface area (Å²) in [5, 5.41) is 2.31. The normalized spacial score (nSPS) is 10.5. The first-order valence-corrected chi connectivity index (χ1v) is 9.10. The van der Waals surface area contributed by atoms with Crippen molar-refractivity contribution in [2.45, 2.75) is 39.5 Å². The van der Waals surface area contributed by atoms with Crippen LogP contribution >= 0.6 is 21.6 Å². The molecule has 0 bridgehead atoms. The maximum absolute atomic E-state index is 11.8. The molecule has 0 aromatic rings. The second-order valence-electron chi connectivity index (χ2n) is 3.99. The van der Waals surface area contributed by atoms with Gasteiger partial charge in [0, 0.05) is 11.5 Å². The molecule has 0 fully saturated rings. The first-order chi connectivity index (χ1) is 9.26. The Hall–Kier alpha value is -0.430. The van der Waals surface area contributed by atoms with Crippen molar-refractivity contribution in [3.05, 3.63) is 4.91 Å². The van der Waals surface area contributed by atoms with Crippen LogP contribution in [0.1, 0.15) is 39.5 Å². The van der Waals surface area contributed by atoms with Crippen LogP contribution in [0, 0.1) is 10.8 Å². The predicted octanol–water partition coefficient (Wildman–Crippen LogP) is 3.83. The summed E-state index contributed by atoms with van der Waals surface area (Å²) in [6.45, 7) is 4.92. The van der Waals surface area contributed by atoms with Crippen LogP contribution in [0.2, 0.25) is 0 Å². The van der Waals surface area contributed by atoms with Gasteiger partial charge in [-0.15, -0.1) is 4.91 Å². The van der Waals surface area contributed by atoms with Gasteiger partial charge < -0.3 is 9.57 Å². The van der Waals surface area contributed by atoms with Gasteiger partial charge in [-0.3, -0.25) is 4.79 Å². The number of rotatable bonds is 13. The van der Waals surface area contributed by atoms with E-state index in [9.17, 15) is 9.70 Å². The molecule has 0 rings (SSSR count). The van der Waals surface area contributed by atoms with E-state index in [2.05, 4.69) is 24.0 Å². The maximum atomic E-state index is 11.8. The Kier molecular flexibility index (Phi) is 13.7. The number of carbonyl (C=O) groups excluding carboxylic acids is 1. The van der Waals surface area contributed by atoms with E-state index in [0.29, 0.717) is 19.0 Å². The molecule has 5 nitrogen and oxygen atoms in total. The van der Waals surface area contributed by atoms with Crippen molar-refractivity contribution < 1.29 is 14.4 Å². The van der Waals surface area contributed by atoms with E-state index in [1.54, 1.807) is 21.6 Å². The van der Waals surface area contributed by atoms with Gasteiger partial charge >= 0.3 is 5.97 Å². The van der Waals surface area contributed by atoms with Crippen LogP contribution in [-0.2, 0) is 14.4 Å². The van der Waals surface area contributed by atoms with Crippen LogP contribution in [-0.4, -0.2) is 30.7 Å². The van der Waals surface area contributed by atoms with Gasteiger partial charge in [-0.1, -0.05) is 48.3 Å². The molecule has 0 aliphatic heterocycles. The molecule has 0 radical (unpaired) electrons. The third-order valence-corrected chi connectivity index (χ3v) is 4.75. The highest BCUT2D eigenvalue weighted by molar-refractivity contribution is 8.76.